The maximum absolute atomic E-state index is 12.2. The lowest BCUT2D eigenvalue weighted by atomic mass is 9.92. The summed E-state index contributed by atoms with van der Waals surface area (Å²) in [4.78, 5) is 2.20. The van der Waals surface area contributed by atoms with Crippen LogP contribution in [-0.2, 0) is 0 Å². The van der Waals surface area contributed by atoms with Crippen LogP contribution >= 0.6 is 0 Å². The average Bonchev–Trinajstić information content (AvgIpc) is 2.12. The monoisotopic (exact) mass is 197 g/mol. The highest BCUT2D eigenvalue weighted by atomic mass is 19.1. The zero-order chi connectivity index (χ0) is 11.1. The standard InChI is InChI=1S/C10H14FN.C2H6/c1-8(4-5-9(2)11)10-6-12(3)7-10;1-2/h4-5,10H,1-2,6-7H2,3H3;1-2H3/b5-4-;. The minimum atomic E-state index is -0.413. The van der Waals surface area contributed by atoms with Crippen molar-refractivity contribution in [1.29, 1.82) is 0 Å². The Labute approximate surface area is 86.6 Å². The van der Waals surface area contributed by atoms with Crippen molar-refractivity contribution in [3.05, 3.63) is 36.7 Å². The molecule has 1 fully saturated rings. The van der Waals surface area contributed by atoms with E-state index in [1.165, 1.54) is 6.08 Å². The summed E-state index contributed by atoms with van der Waals surface area (Å²) in [5.41, 5.74) is 0.992. The van der Waals surface area contributed by atoms with Gasteiger partial charge < -0.3 is 4.90 Å². The first-order chi connectivity index (χ1) is 6.59. The summed E-state index contributed by atoms with van der Waals surface area (Å²) in [6, 6.07) is 0. The van der Waals surface area contributed by atoms with E-state index in [9.17, 15) is 4.39 Å². The fourth-order valence-corrected chi connectivity index (χ4v) is 1.27. The second kappa shape index (κ2) is 6.55. The minimum absolute atomic E-state index is 0.413. The highest BCUT2D eigenvalue weighted by molar-refractivity contribution is 5.25. The van der Waals surface area contributed by atoms with Crippen molar-refractivity contribution in [2.24, 2.45) is 5.92 Å². The van der Waals surface area contributed by atoms with E-state index in [-0.39, 0.29) is 0 Å². The van der Waals surface area contributed by atoms with Crippen molar-refractivity contribution in [1.82, 2.24) is 4.90 Å². The van der Waals surface area contributed by atoms with E-state index in [1.54, 1.807) is 6.08 Å². The average molecular weight is 197 g/mol. The van der Waals surface area contributed by atoms with Crippen molar-refractivity contribution >= 4 is 0 Å². The largest absolute Gasteiger partial charge is 0.305 e. The lowest BCUT2D eigenvalue weighted by Crippen LogP contribution is -2.44. The maximum atomic E-state index is 12.2. The molecule has 1 nitrogen and oxygen atoms in total. The van der Waals surface area contributed by atoms with E-state index >= 15 is 0 Å². The van der Waals surface area contributed by atoms with Gasteiger partial charge in [0.25, 0.3) is 0 Å². The van der Waals surface area contributed by atoms with Crippen LogP contribution in [0, 0.1) is 5.92 Å². The van der Waals surface area contributed by atoms with Crippen LogP contribution in [0.2, 0.25) is 0 Å². The van der Waals surface area contributed by atoms with Crippen LogP contribution in [0.3, 0.4) is 0 Å². The van der Waals surface area contributed by atoms with E-state index in [1.807, 2.05) is 13.8 Å². The maximum Gasteiger partial charge on any atom is 0.116 e. The second-order valence-corrected chi connectivity index (χ2v) is 3.27. The molecule has 1 aliphatic rings. The first-order valence-corrected chi connectivity index (χ1v) is 4.99. The number of likely N-dealkylation sites (tertiary alicyclic amines) is 1. The summed E-state index contributed by atoms with van der Waals surface area (Å²) >= 11 is 0. The molecule has 14 heavy (non-hydrogen) atoms. The normalized spacial score (nSPS) is 17.1. The van der Waals surface area contributed by atoms with Crippen LogP contribution in [0.5, 0.6) is 0 Å². The minimum Gasteiger partial charge on any atom is -0.305 e. The third-order valence-corrected chi connectivity index (χ3v) is 2.07. The topological polar surface area (TPSA) is 3.24 Å². The molecule has 0 aliphatic carbocycles. The molecule has 0 atom stereocenters. The molecule has 0 aromatic rings. The Balaban J connectivity index is 0.000000791. The van der Waals surface area contributed by atoms with Gasteiger partial charge in [-0.1, -0.05) is 33.1 Å². The summed E-state index contributed by atoms with van der Waals surface area (Å²) in [6.07, 6.45) is 3.07. The van der Waals surface area contributed by atoms with Crippen molar-refractivity contribution < 1.29 is 4.39 Å². The van der Waals surface area contributed by atoms with E-state index in [0.717, 1.165) is 18.7 Å². The molecule has 0 amide bonds. The van der Waals surface area contributed by atoms with Crippen LogP contribution in [0.25, 0.3) is 0 Å². The Kier molecular flexibility index (Phi) is 6.13. The molecule has 2 heteroatoms. The molecule has 0 aromatic carbocycles. The van der Waals surface area contributed by atoms with Crippen LogP contribution in [0.15, 0.2) is 36.7 Å². The molecule has 0 N–H and O–H groups in total. The van der Waals surface area contributed by atoms with Gasteiger partial charge in [0, 0.05) is 19.0 Å². The first-order valence-electron chi connectivity index (χ1n) is 4.99. The van der Waals surface area contributed by atoms with Gasteiger partial charge in [-0.15, -0.1) is 0 Å². The Bertz CT molecular complexity index is 224. The third kappa shape index (κ3) is 4.38. The van der Waals surface area contributed by atoms with Gasteiger partial charge in [0.1, 0.15) is 5.83 Å². The van der Waals surface area contributed by atoms with Crippen molar-refractivity contribution in [3.63, 3.8) is 0 Å². The van der Waals surface area contributed by atoms with E-state index < -0.39 is 5.83 Å². The van der Waals surface area contributed by atoms with Gasteiger partial charge in [-0.25, -0.2) is 4.39 Å². The summed E-state index contributed by atoms with van der Waals surface area (Å²) < 4.78 is 12.2. The smallest absolute Gasteiger partial charge is 0.116 e. The Hall–Kier alpha value is -0.890. The number of allylic oxidation sites excluding steroid dienone is 3. The fraction of sp³-hybridized carbons (Fsp3) is 0.500. The Morgan fingerprint density at radius 1 is 1.29 bits per heavy atom. The van der Waals surface area contributed by atoms with Gasteiger partial charge in [-0.2, -0.15) is 0 Å². The molecule has 1 rings (SSSR count). The molecule has 0 spiro atoms. The number of rotatable bonds is 3. The zero-order valence-corrected chi connectivity index (χ0v) is 9.39. The number of halogens is 1. The van der Waals surface area contributed by atoms with Crippen LogP contribution < -0.4 is 0 Å². The van der Waals surface area contributed by atoms with Gasteiger partial charge in [-0.05, 0) is 18.7 Å². The SMILES string of the molecule is C=C(F)/C=C\C(=C)C1CN(C)C1.CC. The molecule has 0 saturated carbocycles. The second-order valence-electron chi connectivity index (χ2n) is 3.27. The van der Waals surface area contributed by atoms with Gasteiger partial charge in [-0.3, -0.25) is 0 Å². The van der Waals surface area contributed by atoms with Crippen LogP contribution in [0.1, 0.15) is 13.8 Å². The van der Waals surface area contributed by atoms with Gasteiger partial charge in [0.15, 0.2) is 0 Å². The molecule has 1 saturated heterocycles. The van der Waals surface area contributed by atoms with Crippen molar-refractivity contribution in [3.8, 4) is 0 Å². The molecule has 1 heterocycles. The number of nitrogens with zero attached hydrogens (tertiary/aromatic N) is 1. The number of hydrogen-bond acceptors (Lipinski definition) is 1. The van der Waals surface area contributed by atoms with Crippen molar-refractivity contribution in [2.75, 3.05) is 20.1 Å². The Morgan fingerprint density at radius 3 is 2.14 bits per heavy atom. The summed E-state index contributed by atoms with van der Waals surface area (Å²) in [7, 11) is 2.06. The third-order valence-electron chi connectivity index (χ3n) is 2.07. The van der Waals surface area contributed by atoms with Gasteiger partial charge in [0.05, 0.1) is 0 Å². The molecular formula is C12H20FN. The first kappa shape index (κ1) is 13.1. The quantitative estimate of drug-likeness (QED) is 0.628. The summed E-state index contributed by atoms with van der Waals surface area (Å²) in [6.45, 7) is 13.1. The molecule has 0 bridgehead atoms. The van der Waals surface area contributed by atoms with Gasteiger partial charge in [0.2, 0.25) is 0 Å². The van der Waals surface area contributed by atoms with E-state index in [2.05, 4.69) is 25.1 Å². The molecule has 0 unspecified atom stereocenters. The van der Waals surface area contributed by atoms with E-state index in [0.29, 0.717) is 5.92 Å². The predicted octanol–water partition coefficient (Wildman–Crippen LogP) is 3.17. The summed E-state index contributed by atoms with van der Waals surface area (Å²) in [5, 5.41) is 0. The highest BCUT2D eigenvalue weighted by Gasteiger charge is 2.23. The highest BCUT2D eigenvalue weighted by Crippen LogP contribution is 2.21. The molecule has 0 radical (unpaired) electrons. The molecule has 1 aliphatic heterocycles. The van der Waals surface area contributed by atoms with Crippen LogP contribution in [-0.4, -0.2) is 25.0 Å². The predicted molar refractivity (Wildman–Crippen MR) is 60.9 cm³/mol. The van der Waals surface area contributed by atoms with Crippen LogP contribution in [0.4, 0.5) is 4.39 Å². The van der Waals surface area contributed by atoms with E-state index in [4.69, 9.17) is 0 Å². The van der Waals surface area contributed by atoms with Crippen molar-refractivity contribution in [2.45, 2.75) is 13.8 Å². The molecule has 80 valence electrons. The molecular weight excluding hydrogens is 177 g/mol. The lowest BCUT2D eigenvalue weighted by Gasteiger charge is -2.36. The zero-order valence-electron chi connectivity index (χ0n) is 9.39. The summed E-state index contributed by atoms with van der Waals surface area (Å²) in [5.74, 6) is 0.0921. The van der Waals surface area contributed by atoms with Gasteiger partial charge >= 0.3 is 0 Å². The Morgan fingerprint density at radius 2 is 1.79 bits per heavy atom. The lowest BCUT2D eigenvalue weighted by molar-refractivity contribution is 0.164. The number of hydrogen-bond donors (Lipinski definition) is 0. The molecule has 0 aromatic heterocycles. The fourth-order valence-electron chi connectivity index (χ4n) is 1.27.